The first-order valence-corrected chi connectivity index (χ1v) is 6.43. The van der Waals surface area contributed by atoms with Crippen molar-refractivity contribution in [2.75, 3.05) is 16.4 Å². The number of para-hydroxylation sites is 1. The first-order chi connectivity index (χ1) is 10.3. The van der Waals surface area contributed by atoms with Gasteiger partial charge in [-0.1, -0.05) is 24.3 Å². The van der Waals surface area contributed by atoms with E-state index < -0.39 is 0 Å². The van der Waals surface area contributed by atoms with E-state index in [4.69, 9.17) is 5.73 Å². The SMILES string of the molecule is Nc1cccc(Nc2ncnc(Nc3ccccc3)n2)c1. The molecule has 2 aromatic carbocycles. The van der Waals surface area contributed by atoms with Crippen LogP contribution < -0.4 is 16.4 Å². The molecule has 0 spiro atoms. The zero-order valence-corrected chi connectivity index (χ0v) is 11.2. The number of rotatable bonds is 4. The molecule has 0 bridgehead atoms. The molecule has 0 saturated heterocycles. The molecular formula is C15H14N6. The van der Waals surface area contributed by atoms with Gasteiger partial charge in [0.1, 0.15) is 6.33 Å². The van der Waals surface area contributed by atoms with Gasteiger partial charge in [0.25, 0.3) is 0 Å². The molecule has 0 unspecified atom stereocenters. The van der Waals surface area contributed by atoms with Crippen LogP contribution in [0.3, 0.4) is 0 Å². The van der Waals surface area contributed by atoms with Crippen LogP contribution in [0.5, 0.6) is 0 Å². The third kappa shape index (κ3) is 3.44. The first-order valence-electron chi connectivity index (χ1n) is 6.43. The zero-order valence-electron chi connectivity index (χ0n) is 11.2. The summed E-state index contributed by atoms with van der Waals surface area (Å²) in [7, 11) is 0. The van der Waals surface area contributed by atoms with Crippen molar-refractivity contribution >= 4 is 29.0 Å². The number of hydrogen-bond acceptors (Lipinski definition) is 6. The topological polar surface area (TPSA) is 88.8 Å². The maximum atomic E-state index is 5.74. The molecule has 104 valence electrons. The minimum atomic E-state index is 0.453. The lowest BCUT2D eigenvalue weighted by Gasteiger charge is -2.07. The Bertz CT molecular complexity index is 729. The number of nitrogens with zero attached hydrogens (tertiary/aromatic N) is 3. The van der Waals surface area contributed by atoms with Crippen LogP contribution in [0.15, 0.2) is 60.9 Å². The van der Waals surface area contributed by atoms with Crippen LogP contribution in [-0.4, -0.2) is 15.0 Å². The lowest BCUT2D eigenvalue weighted by Crippen LogP contribution is -2.02. The number of hydrogen-bond donors (Lipinski definition) is 3. The summed E-state index contributed by atoms with van der Waals surface area (Å²) >= 11 is 0. The monoisotopic (exact) mass is 278 g/mol. The van der Waals surface area contributed by atoms with Crippen LogP contribution >= 0.6 is 0 Å². The summed E-state index contributed by atoms with van der Waals surface area (Å²) in [6.07, 6.45) is 1.45. The molecule has 0 fully saturated rings. The number of nitrogens with two attached hydrogens (primary N) is 1. The zero-order chi connectivity index (χ0) is 14.5. The van der Waals surface area contributed by atoms with Gasteiger partial charge in [-0.3, -0.25) is 0 Å². The maximum absolute atomic E-state index is 5.74. The number of benzene rings is 2. The number of nitrogens with one attached hydrogen (secondary N) is 2. The second-order valence-corrected chi connectivity index (χ2v) is 4.37. The first kappa shape index (κ1) is 12.9. The molecule has 4 N–H and O–H groups in total. The number of nitrogen functional groups attached to an aromatic ring is 1. The van der Waals surface area contributed by atoms with Crippen molar-refractivity contribution in [2.24, 2.45) is 0 Å². The molecule has 0 aliphatic rings. The molecule has 0 amide bonds. The second-order valence-electron chi connectivity index (χ2n) is 4.37. The Hall–Kier alpha value is -3.15. The van der Waals surface area contributed by atoms with E-state index in [2.05, 4.69) is 25.6 Å². The van der Waals surface area contributed by atoms with Crippen molar-refractivity contribution in [2.45, 2.75) is 0 Å². The van der Waals surface area contributed by atoms with Crippen molar-refractivity contribution < 1.29 is 0 Å². The maximum Gasteiger partial charge on any atom is 0.232 e. The second kappa shape index (κ2) is 5.87. The van der Waals surface area contributed by atoms with E-state index in [9.17, 15) is 0 Å². The van der Waals surface area contributed by atoms with Gasteiger partial charge in [0.05, 0.1) is 0 Å². The van der Waals surface area contributed by atoms with Gasteiger partial charge in [-0.05, 0) is 30.3 Å². The summed E-state index contributed by atoms with van der Waals surface area (Å²) in [5, 5.41) is 6.20. The molecule has 1 aromatic heterocycles. The molecule has 0 atom stereocenters. The Balaban J connectivity index is 1.77. The van der Waals surface area contributed by atoms with Gasteiger partial charge in [0.15, 0.2) is 0 Å². The standard InChI is InChI=1S/C15H14N6/c16-11-5-4-8-13(9-11)20-15-18-10-17-14(21-15)19-12-6-2-1-3-7-12/h1-10H,16H2,(H2,17,18,19,20,21). The number of anilines is 5. The van der Waals surface area contributed by atoms with Gasteiger partial charge in [-0.25, -0.2) is 9.97 Å². The van der Waals surface area contributed by atoms with E-state index in [1.54, 1.807) is 0 Å². The van der Waals surface area contributed by atoms with Gasteiger partial charge in [0, 0.05) is 17.1 Å². The van der Waals surface area contributed by atoms with Crippen LogP contribution in [0.4, 0.5) is 29.0 Å². The fourth-order valence-electron chi connectivity index (χ4n) is 1.81. The molecule has 0 aliphatic heterocycles. The van der Waals surface area contributed by atoms with Crippen LogP contribution in [0.2, 0.25) is 0 Å². The van der Waals surface area contributed by atoms with Crippen molar-refractivity contribution in [1.29, 1.82) is 0 Å². The van der Waals surface area contributed by atoms with Gasteiger partial charge in [-0.2, -0.15) is 4.98 Å². The highest BCUT2D eigenvalue weighted by molar-refractivity contribution is 5.60. The summed E-state index contributed by atoms with van der Waals surface area (Å²) in [5.74, 6) is 0.927. The lowest BCUT2D eigenvalue weighted by molar-refractivity contribution is 1.06. The van der Waals surface area contributed by atoms with Crippen LogP contribution in [0.25, 0.3) is 0 Å². The normalized spacial score (nSPS) is 10.1. The average molecular weight is 278 g/mol. The molecule has 0 aliphatic carbocycles. The quantitative estimate of drug-likeness (QED) is 0.636. The summed E-state index contributed by atoms with van der Waals surface area (Å²) in [5.41, 5.74) is 8.16. The predicted molar refractivity (Wildman–Crippen MR) is 83.7 cm³/mol. The third-order valence-electron chi connectivity index (χ3n) is 2.74. The largest absolute Gasteiger partial charge is 0.399 e. The highest BCUT2D eigenvalue weighted by Gasteiger charge is 2.02. The molecule has 21 heavy (non-hydrogen) atoms. The van der Waals surface area contributed by atoms with Crippen molar-refractivity contribution in [3.05, 3.63) is 60.9 Å². The van der Waals surface area contributed by atoms with Crippen molar-refractivity contribution in [3.63, 3.8) is 0 Å². The minimum absolute atomic E-state index is 0.453. The Morgan fingerprint density at radius 2 is 1.43 bits per heavy atom. The highest BCUT2D eigenvalue weighted by Crippen LogP contribution is 2.17. The van der Waals surface area contributed by atoms with E-state index >= 15 is 0 Å². The van der Waals surface area contributed by atoms with Gasteiger partial charge >= 0.3 is 0 Å². The Kier molecular flexibility index (Phi) is 3.60. The lowest BCUT2D eigenvalue weighted by atomic mass is 10.3. The van der Waals surface area contributed by atoms with Crippen LogP contribution in [-0.2, 0) is 0 Å². The van der Waals surface area contributed by atoms with E-state index in [0.717, 1.165) is 11.4 Å². The van der Waals surface area contributed by atoms with E-state index in [0.29, 0.717) is 17.6 Å². The predicted octanol–water partition coefficient (Wildman–Crippen LogP) is 2.94. The molecule has 1 heterocycles. The molecular weight excluding hydrogens is 264 g/mol. The van der Waals surface area contributed by atoms with Crippen LogP contribution in [0, 0.1) is 0 Å². The van der Waals surface area contributed by atoms with Gasteiger partial charge in [0.2, 0.25) is 11.9 Å². The average Bonchev–Trinajstić information content (AvgIpc) is 2.49. The smallest absolute Gasteiger partial charge is 0.232 e. The van der Waals surface area contributed by atoms with E-state index in [1.165, 1.54) is 6.33 Å². The Morgan fingerprint density at radius 1 is 0.762 bits per heavy atom. The molecule has 0 radical (unpaired) electrons. The molecule has 3 rings (SSSR count). The summed E-state index contributed by atoms with van der Waals surface area (Å²) in [6.45, 7) is 0. The van der Waals surface area contributed by atoms with E-state index in [-0.39, 0.29) is 0 Å². The third-order valence-corrected chi connectivity index (χ3v) is 2.74. The van der Waals surface area contributed by atoms with Gasteiger partial charge < -0.3 is 16.4 Å². The molecule has 6 heteroatoms. The van der Waals surface area contributed by atoms with Gasteiger partial charge in [-0.15, -0.1) is 0 Å². The number of aromatic nitrogens is 3. The highest BCUT2D eigenvalue weighted by atomic mass is 15.2. The fourth-order valence-corrected chi connectivity index (χ4v) is 1.81. The van der Waals surface area contributed by atoms with Crippen LogP contribution in [0.1, 0.15) is 0 Å². The minimum Gasteiger partial charge on any atom is -0.399 e. The molecule has 6 nitrogen and oxygen atoms in total. The van der Waals surface area contributed by atoms with E-state index in [1.807, 2.05) is 54.6 Å². The molecule has 3 aromatic rings. The van der Waals surface area contributed by atoms with Crippen molar-refractivity contribution in [3.8, 4) is 0 Å². The summed E-state index contributed by atoms with van der Waals surface area (Å²) < 4.78 is 0. The Morgan fingerprint density at radius 3 is 2.14 bits per heavy atom. The molecule has 0 saturated carbocycles. The summed E-state index contributed by atoms with van der Waals surface area (Å²) in [6, 6.07) is 17.1. The fraction of sp³-hybridized carbons (Fsp3) is 0. The summed E-state index contributed by atoms with van der Waals surface area (Å²) in [4.78, 5) is 12.5. The van der Waals surface area contributed by atoms with Crippen molar-refractivity contribution in [1.82, 2.24) is 15.0 Å². The Labute approximate surface area is 122 Å².